The zero-order valence-electron chi connectivity index (χ0n) is 23.1. The molecule has 3 aliphatic rings. The lowest BCUT2D eigenvalue weighted by Crippen LogP contribution is -2.44. The average molecular weight is 587 g/mol. The molecule has 0 amide bonds. The first-order valence-corrected chi connectivity index (χ1v) is 14.6. The molecule has 0 saturated heterocycles. The van der Waals surface area contributed by atoms with Crippen LogP contribution >= 0.6 is 34.8 Å². The molecule has 0 radical (unpaired) electrons. The van der Waals surface area contributed by atoms with E-state index in [1.165, 1.54) is 0 Å². The summed E-state index contributed by atoms with van der Waals surface area (Å²) in [4.78, 5) is 29.8. The van der Waals surface area contributed by atoms with E-state index in [0.717, 1.165) is 35.4 Å². The number of allylic oxidation sites excluding steroid dienone is 4. The summed E-state index contributed by atoms with van der Waals surface area (Å²) in [5.41, 5.74) is 4.85. The number of hydrogen-bond acceptors (Lipinski definition) is 4. The van der Waals surface area contributed by atoms with E-state index in [4.69, 9.17) is 39.5 Å². The van der Waals surface area contributed by atoms with E-state index in [1.807, 2.05) is 24.3 Å². The predicted molar refractivity (Wildman–Crippen MR) is 157 cm³/mol. The largest absolute Gasteiger partial charge is 0.486 e. The molecule has 0 spiro atoms. The fourth-order valence-electron chi connectivity index (χ4n) is 6.38. The van der Waals surface area contributed by atoms with Crippen LogP contribution in [-0.2, 0) is 16.2 Å². The standard InChI is InChI=1S/C32H34Cl3NO3/c1-6-36-23-13-31(2,3)15-25(37)28(23)27(29-24(36)14-32(4,5)16-26(29)38)19-11-21(34)30(22(35)12-19)39-17-18-7-9-20(33)10-8-18/h7-12,27H,6,13-17H2,1-5H3. The summed E-state index contributed by atoms with van der Waals surface area (Å²) >= 11 is 19.5. The van der Waals surface area contributed by atoms with Crippen molar-refractivity contribution < 1.29 is 14.3 Å². The Morgan fingerprint density at radius 1 is 0.821 bits per heavy atom. The Hall–Kier alpha value is -2.27. The summed E-state index contributed by atoms with van der Waals surface area (Å²) < 4.78 is 6.01. The molecule has 0 aromatic heterocycles. The first-order chi connectivity index (χ1) is 18.3. The second-order valence-electron chi connectivity index (χ2n) is 12.5. The van der Waals surface area contributed by atoms with Crippen LogP contribution in [0.4, 0.5) is 0 Å². The van der Waals surface area contributed by atoms with Crippen LogP contribution in [0.15, 0.2) is 58.9 Å². The normalized spacial score (nSPS) is 20.8. The van der Waals surface area contributed by atoms with Crippen molar-refractivity contribution in [3.05, 3.63) is 85.1 Å². The molecular weight excluding hydrogens is 553 g/mol. The average Bonchev–Trinajstić information content (AvgIpc) is 2.82. The third kappa shape index (κ3) is 5.40. The monoisotopic (exact) mass is 585 g/mol. The highest BCUT2D eigenvalue weighted by Crippen LogP contribution is 2.55. The van der Waals surface area contributed by atoms with Crippen LogP contribution in [0.3, 0.4) is 0 Å². The minimum Gasteiger partial charge on any atom is -0.486 e. The minimum atomic E-state index is -0.495. The molecule has 39 heavy (non-hydrogen) atoms. The summed E-state index contributed by atoms with van der Waals surface area (Å²) in [6.07, 6.45) is 2.42. The van der Waals surface area contributed by atoms with Crippen LogP contribution < -0.4 is 4.74 Å². The molecule has 0 fully saturated rings. The van der Waals surface area contributed by atoms with Crippen molar-refractivity contribution in [2.45, 2.75) is 72.8 Å². The molecular formula is C32H34Cl3NO3. The SMILES string of the molecule is CCN1C2=C(C(=O)CC(C)(C)C2)C(c2cc(Cl)c(OCc3ccc(Cl)cc3)c(Cl)c2)C2=C1CC(C)(C)CC2=O. The van der Waals surface area contributed by atoms with E-state index in [1.54, 1.807) is 12.1 Å². The lowest BCUT2D eigenvalue weighted by atomic mass is 9.63. The molecule has 0 N–H and O–H groups in total. The third-order valence-corrected chi connectivity index (χ3v) is 8.80. The minimum absolute atomic E-state index is 0.0872. The number of benzene rings is 2. The Kier molecular flexibility index (Phi) is 7.45. The van der Waals surface area contributed by atoms with E-state index in [0.29, 0.717) is 51.4 Å². The van der Waals surface area contributed by atoms with Crippen molar-refractivity contribution in [3.63, 3.8) is 0 Å². The second-order valence-corrected chi connectivity index (χ2v) is 13.8. The highest BCUT2D eigenvalue weighted by molar-refractivity contribution is 6.37. The molecule has 2 aliphatic carbocycles. The Morgan fingerprint density at radius 2 is 1.31 bits per heavy atom. The molecule has 1 aliphatic heterocycles. The molecule has 2 aromatic rings. The first-order valence-electron chi connectivity index (χ1n) is 13.5. The van der Waals surface area contributed by atoms with Gasteiger partial charge in [-0.25, -0.2) is 0 Å². The summed E-state index contributed by atoms with van der Waals surface area (Å²) in [5, 5.41) is 1.35. The maximum Gasteiger partial charge on any atom is 0.162 e. The summed E-state index contributed by atoms with van der Waals surface area (Å²) in [5.74, 6) is 0.0531. The third-order valence-electron chi connectivity index (χ3n) is 7.99. The first kappa shape index (κ1) is 28.3. The maximum atomic E-state index is 13.8. The number of hydrogen-bond donors (Lipinski definition) is 0. The molecule has 2 aromatic carbocycles. The van der Waals surface area contributed by atoms with E-state index < -0.39 is 5.92 Å². The van der Waals surface area contributed by atoms with Gasteiger partial charge in [-0.1, -0.05) is 74.6 Å². The number of carbonyl (C=O) groups excluding carboxylic acids is 2. The lowest BCUT2D eigenvalue weighted by molar-refractivity contribution is -0.119. The molecule has 1 heterocycles. The van der Waals surface area contributed by atoms with Crippen LogP contribution in [0.25, 0.3) is 0 Å². The van der Waals surface area contributed by atoms with Crippen molar-refractivity contribution >= 4 is 46.4 Å². The summed E-state index contributed by atoms with van der Waals surface area (Å²) in [6, 6.07) is 11.0. The predicted octanol–water partition coefficient (Wildman–Crippen LogP) is 8.93. The van der Waals surface area contributed by atoms with Crippen LogP contribution in [0.5, 0.6) is 5.75 Å². The number of rotatable bonds is 5. The van der Waals surface area contributed by atoms with Crippen molar-refractivity contribution in [1.82, 2.24) is 4.90 Å². The van der Waals surface area contributed by atoms with Gasteiger partial charge in [-0.05, 0) is 66.0 Å². The Morgan fingerprint density at radius 3 is 1.77 bits per heavy atom. The molecule has 0 atom stereocenters. The van der Waals surface area contributed by atoms with E-state index in [9.17, 15) is 9.59 Å². The molecule has 4 nitrogen and oxygen atoms in total. The molecule has 5 rings (SSSR count). The topological polar surface area (TPSA) is 46.6 Å². The van der Waals surface area contributed by atoms with E-state index >= 15 is 0 Å². The van der Waals surface area contributed by atoms with Gasteiger partial charge in [-0.15, -0.1) is 0 Å². The van der Waals surface area contributed by atoms with Crippen molar-refractivity contribution in [1.29, 1.82) is 0 Å². The molecule has 0 bridgehead atoms. The van der Waals surface area contributed by atoms with Crippen LogP contribution in [0.2, 0.25) is 15.1 Å². The van der Waals surface area contributed by atoms with Crippen LogP contribution in [0, 0.1) is 10.8 Å². The van der Waals surface area contributed by atoms with Gasteiger partial charge in [-0.2, -0.15) is 0 Å². The Bertz CT molecular complexity index is 1340. The fraction of sp³-hybridized carbons (Fsp3) is 0.438. The smallest absolute Gasteiger partial charge is 0.162 e. The second kappa shape index (κ2) is 10.3. The van der Waals surface area contributed by atoms with Gasteiger partial charge in [0.15, 0.2) is 17.3 Å². The van der Waals surface area contributed by atoms with E-state index in [2.05, 4.69) is 39.5 Å². The van der Waals surface area contributed by atoms with Crippen molar-refractivity contribution in [3.8, 4) is 5.75 Å². The van der Waals surface area contributed by atoms with Crippen LogP contribution in [0.1, 0.15) is 77.3 Å². The van der Waals surface area contributed by atoms with Crippen molar-refractivity contribution in [2.24, 2.45) is 10.8 Å². The zero-order valence-corrected chi connectivity index (χ0v) is 25.4. The molecule has 7 heteroatoms. The van der Waals surface area contributed by atoms with Gasteiger partial charge in [0, 0.05) is 52.9 Å². The number of Topliss-reactive ketones (excluding diaryl/α,β-unsaturated/α-hetero) is 2. The number of ether oxygens (including phenoxy) is 1. The van der Waals surface area contributed by atoms with Gasteiger partial charge >= 0.3 is 0 Å². The molecule has 0 unspecified atom stereocenters. The summed E-state index contributed by atoms with van der Waals surface area (Å²) in [6.45, 7) is 11.6. The summed E-state index contributed by atoms with van der Waals surface area (Å²) in [7, 11) is 0. The van der Waals surface area contributed by atoms with E-state index in [-0.39, 0.29) is 29.0 Å². The van der Waals surface area contributed by atoms with Gasteiger partial charge in [0.1, 0.15) is 6.61 Å². The quantitative estimate of drug-likeness (QED) is 0.351. The molecule has 0 saturated carbocycles. The lowest BCUT2D eigenvalue weighted by Gasteiger charge is -2.49. The van der Waals surface area contributed by atoms with Crippen molar-refractivity contribution in [2.75, 3.05) is 6.54 Å². The fourth-order valence-corrected chi connectivity index (χ4v) is 7.12. The van der Waals surface area contributed by atoms with Gasteiger partial charge in [0.05, 0.1) is 10.0 Å². The number of ketones is 2. The van der Waals surface area contributed by atoms with Gasteiger partial charge in [0.25, 0.3) is 0 Å². The van der Waals surface area contributed by atoms with Gasteiger partial charge in [-0.3, -0.25) is 9.59 Å². The molecule has 206 valence electrons. The van der Waals surface area contributed by atoms with Crippen LogP contribution in [-0.4, -0.2) is 23.0 Å². The highest BCUT2D eigenvalue weighted by Gasteiger charge is 2.48. The Balaban J connectivity index is 1.61. The highest BCUT2D eigenvalue weighted by atomic mass is 35.5. The van der Waals surface area contributed by atoms with Gasteiger partial charge < -0.3 is 9.64 Å². The zero-order chi connectivity index (χ0) is 28.3. The Labute approximate surface area is 245 Å². The number of halogens is 3. The number of nitrogens with zero attached hydrogens (tertiary/aromatic N) is 1. The van der Waals surface area contributed by atoms with Gasteiger partial charge in [0.2, 0.25) is 0 Å². The number of carbonyl (C=O) groups is 2. The maximum absolute atomic E-state index is 13.8.